The van der Waals surface area contributed by atoms with Crippen molar-refractivity contribution in [3.63, 3.8) is 0 Å². The lowest BCUT2D eigenvalue weighted by molar-refractivity contribution is -0.125. The van der Waals surface area contributed by atoms with Crippen molar-refractivity contribution < 1.29 is 4.79 Å². The third-order valence-electron chi connectivity index (χ3n) is 3.80. The summed E-state index contributed by atoms with van der Waals surface area (Å²) in [5.74, 6) is 2.25. The molecule has 2 atom stereocenters. The molecule has 0 bridgehead atoms. The van der Waals surface area contributed by atoms with Gasteiger partial charge >= 0.3 is 0 Å². The molecule has 2 saturated carbocycles. The first-order chi connectivity index (χ1) is 7.83. The molecular weight excluding hydrogens is 200 g/mol. The summed E-state index contributed by atoms with van der Waals surface area (Å²) in [7, 11) is 0. The second-order valence-electron chi connectivity index (χ2n) is 5.00. The van der Waals surface area contributed by atoms with Crippen LogP contribution in [0.2, 0.25) is 0 Å². The Morgan fingerprint density at radius 2 is 2.19 bits per heavy atom. The van der Waals surface area contributed by atoms with Gasteiger partial charge < -0.3 is 5.32 Å². The van der Waals surface area contributed by atoms with Crippen LogP contribution < -0.4 is 5.32 Å². The molecule has 16 heavy (non-hydrogen) atoms. The number of amides is 1. The molecule has 1 aromatic heterocycles. The average molecular weight is 216 g/mol. The van der Waals surface area contributed by atoms with Crippen molar-refractivity contribution in [2.75, 3.05) is 0 Å². The van der Waals surface area contributed by atoms with Crippen molar-refractivity contribution in [2.45, 2.75) is 25.8 Å². The number of hydrogen-bond donors (Lipinski definition) is 1. The van der Waals surface area contributed by atoms with Crippen LogP contribution in [0.5, 0.6) is 0 Å². The quantitative estimate of drug-likeness (QED) is 0.836. The minimum Gasteiger partial charge on any atom is -0.352 e. The van der Waals surface area contributed by atoms with Gasteiger partial charge in [-0.3, -0.25) is 9.78 Å². The number of hydrogen-bond acceptors (Lipinski definition) is 2. The Hall–Kier alpha value is -1.38. The molecule has 0 saturated heterocycles. The molecule has 1 amide bonds. The zero-order chi connectivity index (χ0) is 11.0. The molecule has 1 heterocycles. The highest BCUT2D eigenvalue weighted by Gasteiger charge is 2.47. The van der Waals surface area contributed by atoms with Crippen LogP contribution in [-0.4, -0.2) is 10.9 Å². The number of carbonyl (C=O) groups excluding carboxylic acids is 1. The van der Waals surface area contributed by atoms with E-state index in [-0.39, 0.29) is 11.8 Å². The van der Waals surface area contributed by atoms with Gasteiger partial charge in [-0.2, -0.15) is 0 Å². The highest BCUT2D eigenvalue weighted by Crippen LogP contribution is 2.54. The predicted octanol–water partition coefficient (Wildman–Crippen LogP) is 1.74. The number of rotatable bonds is 3. The first-order valence-electron chi connectivity index (χ1n) is 5.99. The topological polar surface area (TPSA) is 42.0 Å². The Kier molecular flexibility index (Phi) is 2.39. The van der Waals surface area contributed by atoms with E-state index in [9.17, 15) is 4.79 Å². The molecule has 2 aliphatic carbocycles. The first kappa shape index (κ1) is 9.82. The fraction of sp³-hybridized carbons (Fsp3) is 0.538. The van der Waals surface area contributed by atoms with E-state index in [1.165, 1.54) is 6.42 Å². The molecule has 84 valence electrons. The Labute approximate surface area is 95.3 Å². The number of aromatic nitrogens is 1. The summed E-state index contributed by atoms with van der Waals surface area (Å²) < 4.78 is 0. The first-order valence-corrected chi connectivity index (χ1v) is 5.99. The van der Waals surface area contributed by atoms with Crippen LogP contribution in [0.3, 0.4) is 0 Å². The molecular formula is C13H16N2O. The summed E-state index contributed by atoms with van der Waals surface area (Å²) in [6.07, 6.45) is 7.14. The van der Waals surface area contributed by atoms with Crippen molar-refractivity contribution in [3.05, 3.63) is 30.1 Å². The van der Waals surface area contributed by atoms with Crippen LogP contribution in [0.25, 0.3) is 0 Å². The maximum Gasteiger partial charge on any atom is 0.223 e. The van der Waals surface area contributed by atoms with Crippen LogP contribution in [0.1, 0.15) is 24.8 Å². The van der Waals surface area contributed by atoms with Gasteiger partial charge in [0.1, 0.15) is 0 Å². The van der Waals surface area contributed by atoms with Gasteiger partial charge in [0.2, 0.25) is 5.91 Å². The van der Waals surface area contributed by atoms with Crippen LogP contribution in [0.4, 0.5) is 0 Å². The van der Waals surface area contributed by atoms with Crippen molar-refractivity contribution >= 4 is 5.91 Å². The molecule has 3 rings (SSSR count). The van der Waals surface area contributed by atoms with Gasteiger partial charge in [0, 0.05) is 24.9 Å². The molecule has 1 aromatic rings. The third kappa shape index (κ3) is 1.94. The minimum atomic E-state index is 0.232. The van der Waals surface area contributed by atoms with Gasteiger partial charge in [-0.15, -0.1) is 0 Å². The molecule has 0 aromatic carbocycles. The van der Waals surface area contributed by atoms with E-state index in [1.807, 2.05) is 12.1 Å². The standard InChI is InChI=1S/C13H16N2O/c16-13(12-5-10-4-11(10)6-12)15-8-9-2-1-3-14-7-9/h1-3,7,10-12H,4-6,8H2,(H,15,16). The second kappa shape index (κ2) is 3.89. The molecule has 0 radical (unpaired) electrons. The third-order valence-corrected chi connectivity index (χ3v) is 3.80. The largest absolute Gasteiger partial charge is 0.352 e. The molecule has 2 aliphatic rings. The minimum absolute atomic E-state index is 0.232. The number of nitrogens with zero attached hydrogens (tertiary/aromatic N) is 1. The molecule has 2 fully saturated rings. The predicted molar refractivity (Wildman–Crippen MR) is 60.4 cm³/mol. The molecule has 2 unspecified atom stereocenters. The van der Waals surface area contributed by atoms with Crippen LogP contribution in [0, 0.1) is 17.8 Å². The Balaban J connectivity index is 1.50. The SMILES string of the molecule is O=C(NCc1cccnc1)C1CC2CC2C1. The van der Waals surface area contributed by atoms with Crippen LogP contribution in [0.15, 0.2) is 24.5 Å². The van der Waals surface area contributed by atoms with Gasteiger partial charge in [0.15, 0.2) is 0 Å². The maximum atomic E-state index is 11.9. The molecule has 0 spiro atoms. The molecule has 0 aliphatic heterocycles. The van der Waals surface area contributed by atoms with E-state index in [0.29, 0.717) is 6.54 Å². The Morgan fingerprint density at radius 3 is 2.88 bits per heavy atom. The summed E-state index contributed by atoms with van der Waals surface area (Å²) in [4.78, 5) is 15.9. The summed E-state index contributed by atoms with van der Waals surface area (Å²) in [6.45, 7) is 0.610. The summed E-state index contributed by atoms with van der Waals surface area (Å²) in [5, 5.41) is 3.00. The number of nitrogens with one attached hydrogen (secondary N) is 1. The lowest BCUT2D eigenvalue weighted by Gasteiger charge is -2.11. The van der Waals surface area contributed by atoms with Gasteiger partial charge in [-0.1, -0.05) is 6.07 Å². The van der Waals surface area contributed by atoms with E-state index in [2.05, 4.69) is 10.3 Å². The number of carbonyl (C=O) groups is 1. The molecule has 3 nitrogen and oxygen atoms in total. The Morgan fingerprint density at radius 1 is 1.38 bits per heavy atom. The van der Waals surface area contributed by atoms with Crippen molar-refractivity contribution in [1.82, 2.24) is 10.3 Å². The fourth-order valence-electron chi connectivity index (χ4n) is 2.77. The van der Waals surface area contributed by atoms with Crippen molar-refractivity contribution in [2.24, 2.45) is 17.8 Å². The average Bonchev–Trinajstić information content (AvgIpc) is 2.94. The summed E-state index contributed by atoms with van der Waals surface area (Å²) in [6, 6.07) is 3.88. The zero-order valence-corrected chi connectivity index (χ0v) is 9.23. The smallest absolute Gasteiger partial charge is 0.223 e. The molecule has 1 N–H and O–H groups in total. The summed E-state index contributed by atoms with van der Waals surface area (Å²) in [5.41, 5.74) is 1.07. The Bertz CT molecular complexity index is 380. The zero-order valence-electron chi connectivity index (χ0n) is 9.23. The van der Waals surface area contributed by atoms with E-state index < -0.39 is 0 Å². The second-order valence-corrected chi connectivity index (χ2v) is 5.00. The summed E-state index contributed by atoms with van der Waals surface area (Å²) >= 11 is 0. The van der Waals surface area contributed by atoms with Crippen LogP contribution >= 0.6 is 0 Å². The maximum absolute atomic E-state index is 11.9. The van der Waals surface area contributed by atoms with E-state index in [0.717, 1.165) is 30.2 Å². The van der Waals surface area contributed by atoms with E-state index >= 15 is 0 Å². The fourth-order valence-corrected chi connectivity index (χ4v) is 2.77. The monoisotopic (exact) mass is 216 g/mol. The van der Waals surface area contributed by atoms with Gasteiger partial charge in [-0.25, -0.2) is 0 Å². The van der Waals surface area contributed by atoms with Gasteiger partial charge in [0.25, 0.3) is 0 Å². The lowest BCUT2D eigenvalue weighted by Crippen LogP contribution is -2.29. The van der Waals surface area contributed by atoms with E-state index in [4.69, 9.17) is 0 Å². The van der Waals surface area contributed by atoms with Gasteiger partial charge in [0.05, 0.1) is 0 Å². The molecule has 3 heteroatoms. The van der Waals surface area contributed by atoms with E-state index in [1.54, 1.807) is 12.4 Å². The normalized spacial score (nSPS) is 30.9. The van der Waals surface area contributed by atoms with Crippen molar-refractivity contribution in [1.29, 1.82) is 0 Å². The van der Waals surface area contributed by atoms with Crippen molar-refractivity contribution in [3.8, 4) is 0 Å². The van der Waals surface area contributed by atoms with Crippen LogP contribution in [-0.2, 0) is 11.3 Å². The highest BCUT2D eigenvalue weighted by molar-refractivity contribution is 5.79. The van der Waals surface area contributed by atoms with Gasteiger partial charge in [-0.05, 0) is 42.7 Å². The number of fused-ring (bicyclic) bond motifs is 1. The highest BCUT2D eigenvalue weighted by atomic mass is 16.1. The number of pyridine rings is 1. The lowest BCUT2D eigenvalue weighted by atomic mass is 10.0.